The average molecular weight is 284 g/mol. The summed E-state index contributed by atoms with van der Waals surface area (Å²) >= 11 is 0. The van der Waals surface area contributed by atoms with Crippen molar-refractivity contribution in [2.45, 2.75) is 31.8 Å². The average Bonchev–Trinajstić information content (AvgIpc) is 2.38. The van der Waals surface area contributed by atoms with Gasteiger partial charge in [-0.25, -0.2) is 8.78 Å². The molecule has 1 aromatic carbocycles. The van der Waals surface area contributed by atoms with Gasteiger partial charge in [-0.15, -0.1) is 0 Å². The molecular weight excluding hydrogens is 262 g/mol. The second-order valence-corrected chi connectivity index (χ2v) is 5.63. The van der Waals surface area contributed by atoms with E-state index >= 15 is 0 Å². The summed E-state index contributed by atoms with van der Waals surface area (Å²) in [7, 11) is 1.64. The lowest BCUT2D eigenvalue weighted by molar-refractivity contribution is -0.00489. The first-order valence-electron chi connectivity index (χ1n) is 6.97. The van der Waals surface area contributed by atoms with Crippen LogP contribution < -0.4 is 10.6 Å². The van der Waals surface area contributed by atoms with Crippen molar-refractivity contribution < 1.29 is 13.5 Å². The summed E-state index contributed by atoms with van der Waals surface area (Å²) in [6, 6.07) is 2.76. The zero-order valence-corrected chi connectivity index (χ0v) is 12.1. The van der Waals surface area contributed by atoms with Gasteiger partial charge in [0, 0.05) is 20.2 Å². The van der Waals surface area contributed by atoms with Crippen LogP contribution in [0.1, 0.15) is 25.3 Å². The third kappa shape index (κ3) is 3.10. The van der Waals surface area contributed by atoms with Gasteiger partial charge in [0.25, 0.3) is 0 Å². The molecule has 112 valence electrons. The Morgan fingerprint density at radius 3 is 2.55 bits per heavy atom. The molecule has 3 nitrogen and oxygen atoms in total. The minimum Gasteiger partial charge on any atom is -0.377 e. The number of benzene rings is 1. The molecule has 2 rings (SSSR count). The van der Waals surface area contributed by atoms with Gasteiger partial charge in [0.05, 0.1) is 5.60 Å². The quantitative estimate of drug-likeness (QED) is 0.923. The van der Waals surface area contributed by atoms with E-state index in [4.69, 9.17) is 10.5 Å². The number of anilines is 1. The number of methoxy groups -OCH3 is 1. The Kier molecular flexibility index (Phi) is 4.60. The van der Waals surface area contributed by atoms with Crippen molar-refractivity contribution in [1.29, 1.82) is 0 Å². The molecule has 0 bridgehead atoms. The smallest absolute Gasteiger partial charge is 0.149 e. The van der Waals surface area contributed by atoms with Crippen molar-refractivity contribution in [2.24, 2.45) is 5.73 Å². The molecule has 1 atom stereocenters. The predicted octanol–water partition coefficient (Wildman–Crippen LogP) is 2.47. The summed E-state index contributed by atoms with van der Waals surface area (Å²) in [5, 5.41) is 0. The van der Waals surface area contributed by atoms with Crippen molar-refractivity contribution >= 4 is 5.69 Å². The van der Waals surface area contributed by atoms with Crippen LogP contribution in [0, 0.1) is 11.6 Å². The molecule has 1 fully saturated rings. The Bertz CT molecular complexity index is 458. The molecule has 2 N–H and O–H groups in total. The summed E-state index contributed by atoms with van der Waals surface area (Å²) in [5.74, 6) is -1.04. The van der Waals surface area contributed by atoms with E-state index in [1.807, 2.05) is 6.92 Å². The zero-order valence-electron chi connectivity index (χ0n) is 12.1. The second-order valence-electron chi connectivity index (χ2n) is 5.63. The maximum absolute atomic E-state index is 14.2. The van der Waals surface area contributed by atoms with E-state index in [0.717, 1.165) is 12.8 Å². The van der Waals surface area contributed by atoms with Gasteiger partial charge in [-0.1, -0.05) is 0 Å². The Morgan fingerprint density at radius 2 is 2.00 bits per heavy atom. The number of nitrogens with two attached hydrogens (primary N) is 1. The molecule has 0 aromatic heterocycles. The highest BCUT2D eigenvalue weighted by molar-refractivity contribution is 5.51. The highest BCUT2D eigenvalue weighted by Gasteiger charge is 2.33. The molecule has 0 spiro atoms. The standard InChI is InChI=1S/C15H22F2N2O/c1-15(20-2)5-3-7-19(10-15)14-12(16)8-11(4-6-18)9-13(14)17/h8-9H,3-7,10,18H2,1-2H3. The minimum absolute atomic E-state index is 0.0498. The minimum atomic E-state index is -0.520. The summed E-state index contributed by atoms with van der Waals surface area (Å²) in [5.41, 5.74) is 5.71. The highest BCUT2D eigenvalue weighted by atomic mass is 19.1. The SMILES string of the molecule is COC1(C)CCCN(c2c(F)cc(CCN)cc2F)C1. The fourth-order valence-electron chi connectivity index (χ4n) is 2.79. The molecule has 1 aliphatic heterocycles. The summed E-state index contributed by atoms with van der Waals surface area (Å²) in [4.78, 5) is 1.74. The molecule has 0 amide bonds. The van der Waals surface area contributed by atoms with Crippen LogP contribution in [-0.2, 0) is 11.2 Å². The Morgan fingerprint density at radius 1 is 1.35 bits per heavy atom. The van der Waals surface area contributed by atoms with Gasteiger partial charge in [-0.3, -0.25) is 0 Å². The zero-order chi connectivity index (χ0) is 14.8. The number of hydrogen-bond donors (Lipinski definition) is 1. The van der Waals surface area contributed by atoms with Crippen molar-refractivity contribution in [1.82, 2.24) is 0 Å². The maximum Gasteiger partial charge on any atom is 0.149 e. The lowest BCUT2D eigenvalue weighted by Crippen LogP contribution is -2.48. The molecule has 0 aliphatic carbocycles. The van der Waals surface area contributed by atoms with Crippen LogP contribution in [0.15, 0.2) is 12.1 Å². The molecule has 1 aliphatic rings. The fraction of sp³-hybridized carbons (Fsp3) is 0.600. The number of halogens is 2. The first kappa shape index (κ1) is 15.2. The number of nitrogens with zero attached hydrogens (tertiary/aromatic N) is 1. The van der Waals surface area contributed by atoms with Gasteiger partial charge in [-0.2, -0.15) is 0 Å². The topological polar surface area (TPSA) is 38.5 Å². The summed E-state index contributed by atoms with van der Waals surface area (Å²) in [6.07, 6.45) is 2.23. The monoisotopic (exact) mass is 284 g/mol. The number of hydrogen-bond acceptors (Lipinski definition) is 3. The molecule has 0 radical (unpaired) electrons. The number of ether oxygens (including phenoxy) is 1. The molecular formula is C15H22F2N2O. The molecule has 1 saturated heterocycles. The lowest BCUT2D eigenvalue weighted by atomic mass is 9.94. The van der Waals surface area contributed by atoms with Gasteiger partial charge in [0.2, 0.25) is 0 Å². The fourth-order valence-corrected chi connectivity index (χ4v) is 2.79. The third-order valence-electron chi connectivity index (χ3n) is 3.98. The molecule has 1 unspecified atom stereocenters. The van der Waals surface area contributed by atoms with Gasteiger partial charge in [0.15, 0.2) is 0 Å². The molecule has 1 aromatic rings. The molecule has 0 saturated carbocycles. The van der Waals surface area contributed by atoms with Crippen LogP contribution in [-0.4, -0.2) is 32.3 Å². The van der Waals surface area contributed by atoms with Crippen LogP contribution >= 0.6 is 0 Å². The first-order valence-corrected chi connectivity index (χ1v) is 6.97. The second kappa shape index (κ2) is 6.06. The Labute approximate surface area is 118 Å². The lowest BCUT2D eigenvalue weighted by Gasteiger charge is -2.40. The summed E-state index contributed by atoms with van der Waals surface area (Å²) < 4.78 is 33.9. The number of piperidine rings is 1. The van der Waals surface area contributed by atoms with Crippen molar-refractivity contribution in [3.05, 3.63) is 29.3 Å². The van der Waals surface area contributed by atoms with E-state index in [2.05, 4.69) is 0 Å². The van der Waals surface area contributed by atoms with Gasteiger partial charge >= 0.3 is 0 Å². The van der Waals surface area contributed by atoms with E-state index < -0.39 is 11.6 Å². The maximum atomic E-state index is 14.2. The van der Waals surface area contributed by atoms with Gasteiger partial charge < -0.3 is 15.4 Å². The summed E-state index contributed by atoms with van der Waals surface area (Å²) in [6.45, 7) is 3.48. The van der Waals surface area contributed by atoms with Crippen molar-refractivity contribution in [3.8, 4) is 0 Å². The molecule has 1 heterocycles. The Hall–Kier alpha value is -1.20. The largest absolute Gasteiger partial charge is 0.377 e. The van der Waals surface area contributed by atoms with E-state index in [1.54, 1.807) is 12.0 Å². The Balaban J connectivity index is 2.28. The van der Waals surface area contributed by atoms with Gasteiger partial charge in [0.1, 0.15) is 17.3 Å². The third-order valence-corrected chi connectivity index (χ3v) is 3.98. The predicted molar refractivity (Wildman–Crippen MR) is 76.0 cm³/mol. The van der Waals surface area contributed by atoms with Crippen LogP contribution in [0.2, 0.25) is 0 Å². The van der Waals surface area contributed by atoms with E-state index in [0.29, 0.717) is 31.6 Å². The van der Waals surface area contributed by atoms with Crippen LogP contribution in [0.4, 0.5) is 14.5 Å². The van der Waals surface area contributed by atoms with Gasteiger partial charge in [-0.05, 0) is 50.4 Å². The molecule has 5 heteroatoms. The first-order chi connectivity index (χ1) is 9.49. The highest BCUT2D eigenvalue weighted by Crippen LogP contribution is 2.32. The van der Waals surface area contributed by atoms with E-state index in [-0.39, 0.29) is 11.3 Å². The van der Waals surface area contributed by atoms with Crippen LogP contribution in [0.5, 0.6) is 0 Å². The van der Waals surface area contributed by atoms with Crippen LogP contribution in [0.3, 0.4) is 0 Å². The number of rotatable bonds is 4. The normalized spacial score (nSPS) is 23.1. The van der Waals surface area contributed by atoms with E-state index in [9.17, 15) is 8.78 Å². The molecule has 20 heavy (non-hydrogen) atoms. The van der Waals surface area contributed by atoms with Crippen LogP contribution in [0.25, 0.3) is 0 Å². The van der Waals surface area contributed by atoms with E-state index in [1.165, 1.54) is 12.1 Å². The van der Waals surface area contributed by atoms with Crippen molar-refractivity contribution in [2.75, 3.05) is 31.6 Å². The van der Waals surface area contributed by atoms with Crippen molar-refractivity contribution in [3.63, 3.8) is 0 Å².